The van der Waals surface area contributed by atoms with E-state index in [1.165, 1.54) is 6.42 Å². The van der Waals surface area contributed by atoms with Gasteiger partial charge in [-0.2, -0.15) is 0 Å². The van der Waals surface area contributed by atoms with Crippen LogP contribution in [-0.2, 0) is 4.79 Å². The molecule has 0 spiro atoms. The molecule has 5 heteroatoms. The summed E-state index contributed by atoms with van der Waals surface area (Å²) in [6, 6.07) is 7.54. The average Bonchev–Trinajstić information content (AvgIpc) is 2.92. The van der Waals surface area contributed by atoms with Crippen molar-refractivity contribution in [3.05, 3.63) is 29.3 Å². The minimum absolute atomic E-state index is 0.0853. The van der Waals surface area contributed by atoms with Gasteiger partial charge in [0, 0.05) is 17.6 Å². The smallest absolute Gasteiger partial charge is 0.260 e. The van der Waals surface area contributed by atoms with Crippen LogP contribution in [0.3, 0.4) is 0 Å². The Hall–Kier alpha value is -1.26. The number of likely N-dealkylation sites (N-methyl/N-ethyl adjacent to an activating group) is 1. The van der Waals surface area contributed by atoms with Gasteiger partial charge in [-0.3, -0.25) is 9.69 Å². The third-order valence-electron chi connectivity index (χ3n) is 3.90. The zero-order chi connectivity index (χ0) is 15.2. The molecular weight excluding hydrogens is 288 g/mol. The number of carbonyl (C=O) groups is 1. The average molecular weight is 311 g/mol. The van der Waals surface area contributed by atoms with Crippen molar-refractivity contribution >= 4 is 17.5 Å². The Morgan fingerprint density at radius 1 is 1.57 bits per heavy atom. The Balaban J connectivity index is 1.80. The number of likely N-dealkylation sites (tertiary alicyclic amines) is 1. The number of benzene rings is 1. The lowest BCUT2D eigenvalue weighted by atomic mass is 10.2. The minimum atomic E-state index is -0.528. The highest BCUT2D eigenvalue weighted by Crippen LogP contribution is 2.19. The fourth-order valence-corrected chi connectivity index (χ4v) is 2.88. The van der Waals surface area contributed by atoms with Crippen molar-refractivity contribution in [2.45, 2.75) is 38.8 Å². The molecule has 1 fully saturated rings. The molecule has 1 aromatic rings. The Morgan fingerprint density at radius 3 is 3.10 bits per heavy atom. The lowest BCUT2D eigenvalue weighted by molar-refractivity contribution is -0.127. The van der Waals surface area contributed by atoms with Gasteiger partial charge in [-0.05, 0) is 51.1 Å². The predicted molar refractivity (Wildman–Crippen MR) is 84.8 cm³/mol. The molecule has 1 N–H and O–H groups in total. The van der Waals surface area contributed by atoms with Crippen LogP contribution in [0.4, 0.5) is 0 Å². The lowest BCUT2D eigenvalue weighted by Gasteiger charge is -2.23. The Kier molecular flexibility index (Phi) is 5.88. The molecule has 0 bridgehead atoms. The highest BCUT2D eigenvalue weighted by molar-refractivity contribution is 6.30. The highest BCUT2D eigenvalue weighted by Gasteiger charge is 2.24. The van der Waals surface area contributed by atoms with Gasteiger partial charge in [0.05, 0.1) is 0 Å². The van der Waals surface area contributed by atoms with Crippen LogP contribution in [0, 0.1) is 0 Å². The summed E-state index contributed by atoms with van der Waals surface area (Å²) in [4.78, 5) is 14.5. The van der Waals surface area contributed by atoms with Crippen LogP contribution in [0.1, 0.15) is 26.7 Å². The number of halogens is 1. The van der Waals surface area contributed by atoms with E-state index >= 15 is 0 Å². The van der Waals surface area contributed by atoms with Gasteiger partial charge in [-0.15, -0.1) is 0 Å². The maximum absolute atomic E-state index is 12.1. The molecule has 0 radical (unpaired) electrons. The van der Waals surface area contributed by atoms with Gasteiger partial charge >= 0.3 is 0 Å². The van der Waals surface area contributed by atoms with Gasteiger partial charge < -0.3 is 10.1 Å². The molecule has 1 aromatic carbocycles. The lowest BCUT2D eigenvalue weighted by Crippen LogP contribution is -2.44. The number of rotatable bonds is 6. The normalized spacial score (nSPS) is 20.2. The molecule has 0 unspecified atom stereocenters. The monoisotopic (exact) mass is 310 g/mol. The second-order valence-corrected chi connectivity index (χ2v) is 5.82. The summed E-state index contributed by atoms with van der Waals surface area (Å²) >= 11 is 5.90. The van der Waals surface area contributed by atoms with E-state index in [0.717, 1.165) is 19.5 Å². The van der Waals surface area contributed by atoms with Crippen molar-refractivity contribution in [2.75, 3.05) is 19.6 Å². The molecule has 1 aliphatic heterocycles. The van der Waals surface area contributed by atoms with Gasteiger partial charge in [0.25, 0.3) is 5.91 Å². The number of nitrogens with one attached hydrogen (secondary N) is 1. The minimum Gasteiger partial charge on any atom is -0.481 e. The zero-order valence-electron chi connectivity index (χ0n) is 12.6. The van der Waals surface area contributed by atoms with Gasteiger partial charge in [-0.1, -0.05) is 24.6 Å². The van der Waals surface area contributed by atoms with E-state index in [9.17, 15) is 4.79 Å². The summed E-state index contributed by atoms with van der Waals surface area (Å²) < 4.78 is 5.62. The van der Waals surface area contributed by atoms with E-state index in [0.29, 0.717) is 23.4 Å². The van der Waals surface area contributed by atoms with Crippen LogP contribution in [0.5, 0.6) is 5.75 Å². The topological polar surface area (TPSA) is 41.6 Å². The second kappa shape index (κ2) is 7.66. The summed E-state index contributed by atoms with van der Waals surface area (Å²) in [5.74, 6) is 0.527. The van der Waals surface area contributed by atoms with Crippen LogP contribution >= 0.6 is 11.6 Å². The standard InChI is InChI=1S/C16H23ClN2O2/c1-3-19-9-5-7-14(19)11-18-16(20)12(2)21-15-8-4-6-13(17)10-15/h4,6,8,10,12,14H,3,5,7,9,11H2,1-2H3,(H,18,20)/t12-,14-/m1/s1. The number of carbonyl (C=O) groups excluding carboxylic acids is 1. The number of amides is 1. The Morgan fingerprint density at radius 2 is 2.38 bits per heavy atom. The molecule has 0 aliphatic carbocycles. The van der Waals surface area contributed by atoms with E-state index in [2.05, 4.69) is 17.1 Å². The molecule has 1 saturated heterocycles. The second-order valence-electron chi connectivity index (χ2n) is 5.39. The molecule has 1 heterocycles. The molecule has 1 aliphatic rings. The maximum atomic E-state index is 12.1. The van der Waals surface area contributed by atoms with Crippen molar-refractivity contribution in [3.8, 4) is 5.75 Å². The third-order valence-corrected chi connectivity index (χ3v) is 4.13. The first kappa shape index (κ1) is 16.1. The first-order valence-corrected chi connectivity index (χ1v) is 7.92. The summed E-state index contributed by atoms with van der Waals surface area (Å²) in [5, 5.41) is 3.59. The number of hydrogen-bond acceptors (Lipinski definition) is 3. The van der Waals surface area contributed by atoms with Crippen molar-refractivity contribution < 1.29 is 9.53 Å². The SMILES string of the molecule is CCN1CCC[C@@H]1CNC(=O)[C@@H](C)Oc1cccc(Cl)c1. The Labute approximate surface area is 131 Å². The highest BCUT2D eigenvalue weighted by atomic mass is 35.5. The third kappa shape index (κ3) is 4.61. The van der Waals surface area contributed by atoms with Crippen molar-refractivity contribution in [1.29, 1.82) is 0 Å². The fourth-order valence-electron chi connectivity index (χ4n) is 2.70. The van der Waals surface area contributed by atoms with E-state index < -0.39 is 6.10 Å². The van der Waals surface area contributed by atoms with Gasteiger partial charge in [0.2, 0.25) is 0 Å². The fraction of sp³-hybridized carbons (Fsp3) is 0.562. The Bertz CT molecular complexity index is 481. The summed E-state index contributed by atoms with van der Waals surface area (Å²) in [7, 11) is 0. The predicted octanol–water partition coefficient (Wildman–Crippen LogP) is 2.71. The van der Waals surface area contributed by atoms with Crippen LogP contribution in [0.2, 0.25) is 5.02 Å². The largest absolute Gasteiger partial charge is 0.481 e. The van der Waals surface area contributed by atoms with Crippen LogP contribution in [0.15, 0.2) is 24.3 Å². The van der Waals surface area contributed by atoms with Gasteiger partial charge in [-0.25, -0.2) is 0 Å². The molecule has 21 heavy (non-hydrogen) atoms. The van der Waals surface area contributed by atoms with Crippen LogP contribution < -0.4 is 10.1 Å². The first-order valence-electron chi connectivity index (χ1n) is 7.54. The van der Waals surface area contributed by atoms with E-state index in [-0.39, 0.29) is 5.91 Å². The van der Waals surface area contributed by atoms with Gasteiger partial charge in [0.1, 0.15) is 5.75 Å². The van der Waals surface area contributed by atoms with Crippen molar-refractivity contribution in [3.63, 3.8) is 0 Å². The molecule has 2 rings (SSSR count). The molecule has 2 atom stereocenters. The number of hydrogen-bond donors (Lipinski definition) is 1. The number of ether oxygens (including phenoxy) is 1. The summed E-state index contributed by atoms with van der Waals surface area (Å²) in [6.45, 7) is 6.77. The van der Waals surface area contributed by atoms with E-state index in [1.54, 1.807) is 31.2 Å². The van der Waals surface area contributed by atoms with Gasteiger partial charge in [0.15, 0.2) is 6.10 Å². The van der Waals surface area contributed by atoms with Crippen molar-refractivity contribution in [2.24, 2.45) is 0 Å². The molecular formula is C16H23ClN2O2. The van der Waals surface area contributed by atoms with Crippen molar-refractivity contribution in [1.82, 2.24) is 10.2 Å². The summed E-state index contributed by atoms with van der Waals surface area (Å²) in [6.07, 6.45) is 1.83. The molecule has 1 amide bonds. The van der Waals surface area contributed by atoms with E-state index in [1.807, 2.05) is 0 Å². The molecule has 0 aromatic heterocycles. The zero-order valence-corrected chi connectivity index (χ0v) is 13.4. The number of nitrogens with zero attached hydrogens (tertiary/aromatic N) is 1. The molecule has 0 saturated carbocycles. The molecule has 4 nitrogen and oxygen atoms in total. The van der Waals surface area contributed by atoms with Crippen LogP contribution in [-0.4, -0.2) is 42.6 Å². The van der Waals surface area contributed by atoms with Crippen LogP contribution in [0.25, 0.3) is 0 Å². The summed E-state index contributed by atoms with van der Waals surface area (Å²) in [5.41, 5.74) is 0. The first-order chi connectivity index (χ1) is 10.1. The van der Waals surface area contributed by atoms with E-state index in [4.69, 9.17) is 16.3 Å². The quantitative estimate of drug-likeness (QED) is 0.878. The molecule has 116 valence electrons. The maximum Gasteiger partial charge on any atom is 0.260 e.